The summed E-state index contributed by atoms with van der Waals surface area (Å²) in [5, 5.41) is 4.89. The number of alkyl halides is 3. The van der Waals surface area contributed by atoms with Crippen molar-refractivity contribution in [1.82, 2.24) is 10.6 Å². The first-order valence-corrected chi connectivity index (χ1v) is 6.18. The molecular weight excluding hydrogens is 261 g/mol. The lowest BCUT2D eigenvalue weighted by atomic mass is 9.85. The van der Waals surface area contributed by atoms with Gasteiger partial charge >= 0.3 is 6.18 Å². The topological polar surface area (TPSA) is 50.4 Å². The average molecular weight is 280 g/mol. The van der Waals surface area contributed by atoms with Crippen molar-refractivity contribution in [3.05, 3.63) is 12.7 Å². The number of rotatable bonds is 7. The van der Waals surface area contributed by atoms with Crippen LogP contribution >= 0.6 is 0 Å². The summed E-state index contributed by atoms with van der Waals surface area (Å²) in [5.41, 5.74) is -2.30. The van der Waals surface area contributed by atoms with E-state index in [2.05, 4.69) is 17.2 Å². The molecule has 110 valence electrons. The Morgan fingerprint density at radius 2 is 2.21 bits per heavy atom. The number of carbonyl (C=O) groups is 1. The minimum Gasteiger partial charge on any atom is -0.379 e. The van der Waals surface area contributed by atoms with Gasteiger partial charge in [0, 0.05) is 13.1 Å². The second kappa shape index (κ2) is 6.91. The van der Waals surface area contributed by atoms with E-state index in [0.717, 1.165) is 0 Å². The molecule has 1 fully saturated rings. The number of ether oxygens (including phenoxy) is 1. The van der Waals surface area contributed by atoms with Gasteiger partial charge in [0.25, 0.3) is 0 Å². The lowest BCUT2D eigenvalue weighted by molar-refractivity contribution is -0.216. The predicted molar refractivity (Wildman–Crippen MR) is 64.6 cm³/mol. The van der Waals surface area contributed by atoms with Crippen LogP contribution in [0.4, 0.5) is 13.2 Å². The van der Waals surface area contributed by atoms with Gasteiger partial charge in [-0.05, 0) is 19.4 Å². The minimum absolute atomic E-state index is 0.0772. The molecule has 1 aliphatic rings. The number of amides is 1. The SMILES string of the molecule is C=CCCOCCNC(=O)C1(C(F)(F)F)CCNC1. The Balaban J connectivity index is 2.40. The Morgan fingerprint density at radius 1 is 1.47 bits per heavy atom. The molecule has 0 aliphatic carbocycles. The molecule has 1 saturated heterocycles. The van der Waals surface area contributed by atoms with Crippen LogP contribution in [0, 0.1) is 5.41 Å². The third kappa shape index (κ3) is 3.94. The molecule has 1 atom stereocenters. The van der Waals surface area contributed by atoms with E-state index in [0.29, 0.717) is 13.0 Å². The highest BCUT2D eigenvalue weighted by Gasteiger charge is 2.61. The molecule has 4 nitrogen and oxygen atoms in total. The molecule has 0 aromatic heterocycles. The molecule has 0 aromatic rings. The fourth-order valence-electron chi connectivity index (χ4n) is 1.93. The van der Waals surface area contributed by atoms with Crippen molar-refractivity contribution in [2.45, 2.75) is 19.0 Å². The van der Waals surface area contributed by atoms with Crippen molar-refractivity contribution in [2.75, 3.05) is 32.8 Å². The molecule has 19 heavy (non-hydrogen) atoms. The molecule has 0 saturated carbocycles. The van der Waals surface area contributed by atoms with E-state index >= 15 is 0 Å². The summed E-state index contributed by atoms with van der Waals surface area (Å²) in [7, 11) is 0. The first-order chi connectivity index (χ1) is 8.94. The molecule has 0 radical (unpaired) electrons. The summed E-state index contributed by atoms with van der Waals surface area (Å²) in [6.07, 6.45) is -2.41. The molecule has 1 unspecified atom stereocenters. The molecule has 1 heterocycles. The lowest BCUT2D eigenvalue weighted by Crippen LogP contribution is -2.52. The highest BCUT2D eigenvalue weighted by atomic mass is 19.4. The summed E-state index contributed by atoms with van der Waals surface area (Å²) in [6, 6.07) is 0. The molecular formula is C12H19F3N2O2. The van der Waals surface area contributed by atoms with Gasteiger partial charge in [-0.15, -0.1) is 6.58 Å². The molecule has 2 N–H and O–H groups in total. The van der Waals surface area contributed by atoms with Gasteiger partial charge in [0.1, 0.15) is 0 Å². The van der Waals surface area contributed by atoms with Crippen molar-refractivity contribution in [1.29, 1.82) is 0 Å². The molecule has 0 aromatic carbocycles. The fourth-order valence-corrected chi connectivity index (χ4v) is 1.93. The number of halogens is 3. The van der Waals surface area contributed by atoms with E-state index in [-0.39, 0.29) is 32.7 Å². The fraction of sp³-hybridized carbons (Fsp3) is 0.750. The normalized spacial score (nSPS) is 23.3. The predicted octanol–water partition coefficient (Wildman–Crippen LogP) is 1.24. The summed E-state index contributed by atoms with van der Waals surface area (Å²) < 4.78 is 44.1. The monoisotopic (exact) mass is 280 g/mol. The zero-order chi connectivity index (χ0) is 14.4. The average Bonchev–Trinajstić information content (AvgIpc) is 2.83. The van der Waals surface area contributed by atoms with Crippen LogP contribution in [-0.2, 0) is 9.53 Å². The molecule has 1 amide bonds. The first-order valence-electron chi connectivity index (χ1n) is 6.18. The largest absolute Gasteiger partial charge is 0.404 e. The maximum absolute atomic E-state index is 13.0. The summed E-state index contributed by atoms with van der Waals surface area (Å²) in [6.45, 7) is 4.07. The standard InChI is InChI=1S/C12H19F3N2O2/c1-2-3-7-19-8-6-17-10(18)11(12(13,14)15)4-5-16-9-11/h2,16H,1,3-9H2,(H,17,18). The van der Waals surface area contributed by atoms with Crippen molar-refractivity contribution in [3.63, 3.8) is 0 Å². The zero-order valence-corrected chi connectivity index (χ0v) is 10.7. The highest BCUT2D eigenvalue weighted by molar-refractivity contribution is 5.84. The van der Waals surface area contributed by atoms with E-state index in [4.69, 9.17) is 4.74 Å². The molecule has 1 aliphatic heterocycles. The van der Waals surface area contributed by atoms with Crippen molar-refractivity contribution in [2.24, 2.45) is 5.41 Å². The van der Waals surface area contributed by atoms with E-state index < -0.39 is 17.5 Å². The van der Waals surface area contributed by atoms with Gasteiger partial charge in [0.15, 0.2) is 5.41 Å². The second-order valence-electron chi connectivity index (χ2n) is 4.45. The Bertz CT molecular complexity index is 313. The Hall–Kier alpha value is -1.08. The van der Waals surface area contributed by atoms with Gasteiger partial charge in [-0.3, -0.25) is 4.79 Å². The maximum Gasteiger partial charge on any atom is 0.404 e. The molecule has 0 spiro atoms. The third-order valence-corrected chi connectivity index (χ3v) is 3.13. The van der Waals surface area contributed by atoms with Crippen molar-refractivity contribution < 1.29 is 22.7 Å². The maximum atomic E-state index is 13.0. The van der Waals surface area contributed by atoms with Gasteiger partial charge in [0.2, 0.25) is 5.91 Å². The summed E-state index contributed by atoms with van der Waals surface area (Å²) in [4.78, 5) is 11.8. The van der Waals surface area contributed by atoms with E-state index in [1.165, 1.54) is 0 Å². The highest BCUT2D eigenvalue weighted by Crippen LogP contribution is 2.43. The quantitative estimate of drug-likeness (QED) is 0.545. The summed E-state index contributed by atoms with van der Waals surface area (Å²) >= 11 is 0. The van der Waals surface area contributed by atoms with Crippen LogP contribution in [0.3, 0.4) is 0 Å². The van der Waals surface area contributed by atoms with E-state index in [9.17, 15) is 18.0 Å². The number of nitrogens with one attached hydrogen (secondary N) is 2. The zero-order valence-electron chi connectivity index (χ0n) is 10.7. The summed E-state index contributed by atoms with van der Waals surface area (Å²) in [5.74, 6) is -0.975. The van der Waals surface area contributed by atoms with E-state index in [1.54, 1.807) is 6.08 Å². The van der Waals surface area contributed by atoms with Gasteiger partial charge < -0.3 is 15.4 Å². The van der Waals surface area contributed by atoms with Crippen LogP contribution in [-0.4, -0.2) is 44.9 Å². The number of hydrogen-bond acceptors (Lipinski definition) is 3. The van der Waals surface area contributed by atoms with Crippen LogP contribution in [0.1, 0.15) is 12.8 Å². The van der Waals surface area contributed by atoms with Crippen molar-refractivity contribution >= 4 is 5.91 Å². The van der Waals surface area contributed by atoms with Gasteiger partial charge in [-0.25, -0.2) is 0 Å². The van der Waals surface area contributed by atoms with Crippen LogP contribution in [0.5, 0.6) is 0 Å². The Morgan fingerprint density at radius 3 is 2.74 bits per heavy atom. The van der Waals surface area contributed by atoms with Crippen LogP contribution in [0.25, 0.3) is 0 Å². The van der Waals surface area contributed by atoms with Crippen LogP contribution in [0.2, 0.25) is 0 Å². The van der Waals surface area contributed by atoms with Gasteiger partial charge in [-0.2, -0.15) is 13.2 Å². The van der Waals surface area contributed by atoms with Gasteiger partial charge in [0.05, 0.1) is 13.2 Å². The molecule has 0 bridgehead atoms. The van der Waals surface area contributed by atoms with Crippen LogP contribution in [0.15, 0.2) is 12.7 Å². The van der Waals surface area contributed by atoms with Crippen molar-refractivity contribution in [3.8, 4) is 0 Å². The number of carbonyl (C=O) groups excluding carboxylic acids is 1. The minimum atomic E-state index is -4.54. The Kier molecular flexibility index (Phi) is 5.81. The molecule has 7 heteroatoms. The number of hydrogen-bond donors (Lipinski definition) is 2. The van der Waals surface area contributed by atoms with Gasteiger partial charge in [-0.1, -0.05) is 6.08 Å². The Labute approximate surface area is 110 Å². The third-order valence-electron chi connectivity index (χ3n) is 3.13. The first kappa shape index (κ1) is 16.0. The molecule has 1 rings (SSSR count). The smallest absolute Gasteiger partial charge is 0.379 e. The second-order valence-corrected chi connectivity index (χ2v) is 4.45. The van der Waals surface area contributed by atoms with Crippen LogP contribution < -0.4 is 10.6 Å². The lowest BCUT2D eigenvalue weighted by Gasteiger charge is -2.29. The van der Waals surface area contributed by atoms with E-state index in [1.807, 2.05) is 0 Å².